The Morgan fingerprint density at radius 3 is 2.78 bits per heavy atom. The molecular weight excluding hydrogens is 265 g/mol. The van der Waals surface area contributed by atoms with Crippen molar-refractivity contribution in [2.24, 2.45) is 0 Å². The zero-order valence-corrected chi connectivity index (χ0v) is 11.4. The first-order chi connectivity index (χ1) is 8.33. The Morgan fingerprint density at radius 1 is 1.56 bits per heavy atom. The number of carbonyl (C=O) groups is 1. The Kier molecular flexibility index (Phi) is 5.78. The molecule has 0 saturated carbocycles. The molecule has 1 heterocycles. The molecule has 0 bridgehead atoms. The van der Waals surface area contributed by atoms with E-state index in [1.165, 1.54) is 0 Å². The zero-order chi connectivity index (χ0) is 13.8. The van der Waals surface area contributed by atoms with E-state index in [-0.39, 0.29) is 0 Å². The molecule has 0 aromatic rings. The molecule has 3 nitrogen and oxygen atoms in total. The number of alkyl halides is 3. The minimum atomic E-state index is -4.35. The van der Waals surface area contributed by atoms with Crippen LogP contribution in [0.2, 0.25) is 0 Å². The van der Waals surface area contributed by atoms with Crippen LogP contribution in [0.15, 0.2) is 0 Å². The van der Waals surface area contributed by atoms with Gasteiger partial charge in [-0.05, 0) is 13.3 Å². The second kappa shape index (κ2) is 6.65. The minimum absolute atomic E-state index is 0.469. The summed E-state index contributed by atoms with van der Waals surface area (Å²) in [6.45, 7) is 4.00. The van der Waals surface area contributed by atoms with Crippen LogP contribution in [0, 0.1) is 0 Å². The topological polar surface area (TPSA) is 32.3 Å². The van der Waals surface area contributed by atoms with E-state index in [0.717, 1.165) is 25.3 Å². The molecule has 0 aromatic heterocycles. The summed E-state index contributed by atoms with van der Waals surface area (Å²) in [5.41, 5.74) is 0. The fraction of sp³-hybridized carbons (Fsp3) is 0.909. The summed E-state index contributed by atoms with van der Waals surface area (Å²) in [7, 11) is 0. The number of halogens is 3. The Morgan fingerprint density at radius 2 is 2.22 bits per heavy atom. The van der Waals surface area contributed by atoms with Gasteiger partial charge in [-0.25, -0.2) is 0 Å². The lowest BCUT2D eigenvalue weighted by atomic mass is 10.2. The Bertz CT molecular complexity index is 286. The molecule has 0 aliphatic carbocycles. The van der Waals surface area contributed by atoms with Crippen molar-refractivity contribution in [3.63, 3.8) is 0 Å². The maximum absolute atomic E-state index is 12.0. The van der Waals surface area contributed by atoms with Gasteiger partial charge in [0.25, 0.3) is 0 Å². The average molecular weight is 284 g/mol. The Hall–Kier alpha value is -0.430. The van der Waals surface area contributed by atoms with Crippen molar-refractivity contribution < 1.29 is 18.0 Å². The van der Waals surface area contributed by atoms with Gasteiger partial charge in [0.05, 0.1) is 6.04 Å². The molecule has 2 atom stereocenters. The number of nitrogens with one attached hydrogen (secondary N) is 1. The van der Waals surface area contributed by atoms with Crippen LogP contribution in [0.1, 0.15) is 20.3 Å². The monoisotopic (exact) mass is 284 g/mol. The highest BCUT2D eigenvalue weighted by molar-refractivity contribution is 8.00. The maximum atomic E-state index is 12.0. The lowest BCUT2D eigenvalue weighted by Crippen LogP contribution is -2.51. The zero-order valence-electron chi connectivity index (χ0n) is 10.6. The van der Waals surface area contributed by atoms with Gasteiger partial charge in [-0.2, -0.15) is 24.9 Å². The average Bonchev–Trinajstić information content (AvgIpc) is 2.34. The van der Waals surface area contributed by atoms with Gasteiger partial charge in [0.2, 0.25) is 5.91 Å². The molecule has 18 heavy (non-hydrogen) atoms. The molecule has 0 spiro atoms. The van der Waals surface area contributed by atoms with Gasteiger partial charge in [-0.1, -0.05) is 6.92 Å². The van der Waals surface area contributed by atoms with Crippen LogP contribution in [0.3, 0.4) is 0 Å². The number of hydrogen-bond acceptors (Lipinski definition) is 3. The molecule has 1 saturated heterocycles. The first-order valence-electron chi connectivity index (χ1n) is 6.03. The van der Waals surface area contributed by atoms with Crippen LogP contribution in [-0.4, -0.2) is 53.7 Å². The van der Waals surface area contributed by atoms with Crippen molar-refractivity contribution in [1.82, 2.24) is 10.2 Å². The fourth-order valence-electron chi connectivity index (χ4n) is 1.84. The summed E-state index contributed by atoms with van der Waals surface area (Å²) in [5.74, 6) is 0.379. The fourth-order valence-corrected chi connectivity index (χ4v) is 3.05. The third kappa shape index (κ3) is 5.06. The van der Waals surface area contributed by atoms with E-state index in [1.807, 2.05) is 22.0 Å². The summed E-state index contributed by atoms with van der Waals surface area (Å²) in [6.07, 6.45) is -3.34. The van der Waals surface area contributed by atoms with Gasteiger partial charge in [0.1, 0.15) is 6.54 Å². The van der Waals surface area contributed by atoms with Crippen molar-refractivity contribution >= 4 is 17.7 Å². The largest absolute Gasteiger partial charge is 0.405 e. The highest BCUT2D eigenvalue weighted by atomic mass is 32.2. The Balaban J connectivity index is 2.42. The first-order valence-corrected chi connectivity index (χ1v) is 7.08. The summed E-state index contributed by atoms with van der Waals surface area (Å²) in [5, 5.41) is 2.41. The summed E-state index contributed by atoms with van der Waals surface area (Å²) >= 11 is 1.86. The third-order valence-electron chi connectivity index (χ3n) is 3.02. The highest BCUT2D eigenvalue weighted by Crippen LogP contribution is 2.22. The van der Waals surface area contributed by atoms with Crippen molar-refractivity contribution in [3.8, 4) is 0 Å². The van der Waals surface area contributed by atoms with Gasteiger partial charge in [0.15, 0.2) is 0 Å². The van der Waals surface area contributed by atoms with Gasteiger partial charge in [0, 0.05) is 24.1 Å². The van der Waals surface area contributed by atoms with Gasteiger partial charge >= 0.3 is 6.18 Å². The van der Waals surface area contributed by atoms with E-state index < -0.39 is 24.7 Å². The number of rotatable bonds is 4. The smallest absolute Gasteiger partial charge is 0.346 e. The van der Waals surface area contributed by atoms with E-state index in [1.54, 1.807) is 6.92 Å². The van der Waals surface area contributed by atoms with E-state index in [4.69, 9.17) is 0 Å². The number of thioether (sulfide) groups is 1. The van der Waals surface area contributed by atoms with Crippen LogP contribution in [0.25, 0.3) is 0 Å². The second-order valence-electron chi connectivity index (χ2n) is 4.40. The molecule has 1 rings (SSSR count). The van der Waals surface area contributed by atoms with Gasteiger partial charge < -0.3 is 5.32 Å². The molecule has 7 heteroatoms. The standard InChI is InChI=1S/C11H19F3N2OS/c1-3-9-6-16(4-5-18-9)8(2)10(17)15-7-11(12,13)14/h8-9H,3-7H2,1-2H3,(H,15,17). The van der Waals surface area contributed by atoms with Crippen molar-refractivity contribution in [2.45, 2.75) is 37.7 Å². The van der Waals surface area contributed by atoms with Crippen LogP contribution in [-0.2, 0) is 4.79 Å². The van der Waals surface area contributed by atoms with Gasteiger partial charge in [-0.3, -0.25) is 9.69 Å². The lowest BCUT2D eigenvalue weighted by Gasteiger charge is -2.35. The van der Waals surface area contributed by atoms with Crippen LogP contribution >= 0.6 is 11.8 Å². The molecule has 1 aliphatic rings. The third-order valence-corrected chi connectivity index (χ3v) is 4.39. The van der Waals surface area contributed by atoms with Crippen LogP contribution in [0.4, 0.5) is 13.2 Å². The highest BCUT2D eigenvalue weighted by Gasteiger charge is 2.31. The summed E-state index contributed by atoms with van der Waals surface area (Å²) in [6, 6.07) is -0.498. The van der Waals surface area contributed by atoms with Crippen molar-refractivity contribution in [1.29, 1.82) is 0 Å². The number of nitrogens with zero attached hydrogens (tertiary/aromatic N) is 1. The first kappa shape index (κ1) is 15.6. The van der Waals surface area contributed by atoms with Crippen LogP contribution < -0.4 is 5.32 Å². The SMILES string of the molecule is CCC1CN(C(C)C(=O)NCC(F)(F)F)CCS1. The van der Waals surface area contributed by atoms with Gasteiger partial charge in [-0.15, -0.1) is 0 Å². The second-order valence-corrected chi connectivity index (χ2v) is 5.81. The summed E-state index contributed by atoms with van der Waals surface area (Å²) < 4.78 is 36.0. The van der Waals surface area contributed by atoms with Crippen molar-refractivity contribution in [3.05, 3.63) is 0 Å². The molecule has 0 radical (unpaired) electrons. The predicted molar refractivity (Wildman–Crippen MR) is 66.6 cm³/mol. The Labute approximate surface area is 109 Å². The van der Waals surface area contributed by atoms with Crippen LogP contribution in [0.5, 0.6) is 0 Å². The number of carbonyl (C=O) groups excluding carboxylic acids is 1. The quantitative estimate of drug-likeness (QED) is 0.855. The molecule has 1 aliphatic heterocycles. The molecule has 1 fully saturated rings. The van der Waals surface area contributed by atoms with E-state index >= 15 is 0 Å². The molecular formula is C11H19F3N2OS. The van der Waals surface area contributed by atoms with E-state index in [9.17, 15) is 18.0 Å². The normalized spacial score (nSPS) is 23.7. The van der Waals surface area contributed by atoms with E-state index in [0.29, 0.717) is 5.25 Å². The molecule has 0 aromatic carbocycles. The molecule has 106 valence electrons. The minimum Gasteiger partial charge on any atom is -0.346 e. The maximum Gasteiger partial charge on any atom is 0.405 e. The lowest BCUT2D eigenvalue weighted by molar-refractivity contribution is -0.141. The predicted octanol–water partition coefficient (Wildman–Crippen LogP) is 1.88. The molecule has 1 N–H and O–H groups in total. The number of amides is 1. The summed E-state index contributed by atoms with van der Waals surface area (Å²) in [4.78, 5) is 13.6. The number of hydrogen-bond donors (Lipinski definition) is 1. The molecule has 2 unspecified atom stereocenters. The van der Waals surface area contributed by atoms with E-state index in [2.05, 4.69) is 6.92 Å². The van der Waals surface area contributed by atoms with Crippen molar-refractivity contribution in [2.75, 3.05) is 25.4 Å². The molecule has 1 amide bonds.